The SMILES string of the molecule is CCN(CC)CCN1C(=O)C(O)(c2ccc(-c3ccccc3)cc2)c2cccc(Br)c21. The van der Waals surface area contributed by atoms with Crippen LogP contribution < -0.4 is 4.90 Å². The number of carbonyl (C=O) groups excluding carboxylic acids is 1. The molecule has 160 valence electrons. The van der Waals surface area contributed by atoms with Gasteiger partial charge in [0.05, 0.1) is 5.69 Å². The van der Waals surface area contributed by atoms with Gasteiger partial charge < -0.3 is 14.9 Å². The zero-order valence-corrected chi connectivity index (χ0v) is 19.5. The fraction of sp³-hybridized carbons (Fsp3) is 0.269. The van der Waals surface area contributed by atoms with Crippen molar-refractivity contribution in [1.29, 1.82) is 0 Å². The summed E-state index contributed by atoms with van der Waals surface area (Å²) in [4.78, 5) is 17.6. The second-order valence-electron chi connectivity index (χ2n) is 7.77. The van der Waals surface area contributed by atoms with Crippen LogP contribution in [0, 0.1) is 0 Å². The zero-order chi connectivity index (χ0) is 22.0. The molecule has 1 N–H and O–H groups in total. The molecule has 1 aliphatic rings. The molecule has 0 spiro atoms. The fourth-order valence-corrected chi connectivity index (χ4v) is 4.88. The van der Waals surface area contributed by atoms with Gasteiger partial charge in [-0.1, -0.05) is 80.6 Å². The molecule has 5 heteroatoms. The molecule has 0 fully saturated rings. The first kappa shape index (κ1) is 21.8. The number of nitrogens with zero attached hydrogens (tertiary/aromatic N) is 2. The van der Waals surface area contributed by atoms with Crippen LogP contribution in [-0.4, -0.2) is 42.1 Å². The lowest BCUT2D eigenvalue weighted by Crippen LogP contribution is -2.44. The van der Waals surface area contributed by atoms with Crippen molar-refractivity contribution in [2.45, 2.75) is 19.4 Å². The predicted molar refractivity (Wildman–Crippen MR) is 129 cm³/mol. The number of likely N-dealkylation sites (N-methyl/N-ethyl adjacent to an activating group) is 1. The molecule has 3 aromatic rings. The van der Waals surface area contributed by atoms with Crippen molar-refractivity contribution < 1.29 is 9.90 Å². The summed E-state index contributed by atoms with van der Waals surface area (Å²) in [6, 6.07) is 23.4. The third-order valence-electron chi connectivity index (χ3n) is 6.15. The standard InChI is InChI=1S/C26H27BrN2O2/c1-3-28(4-2)17-18-29-24-22(11-8-12-23(24)27)26(31,25(29)30)21-15-13-20(14-16-21)19-9-6-5-7-10-19/h5-16,31H,3-4,17-18H2,1-2H3. The summed E-state index contributed by atoms with van der Waals surface area (Å²) in [5.74, 6) is -0.297. The predicted octanol–water partition coefficient (Wildman–Crippen LogP) is 5.04. The van der Waals surface area contributed by atoms with E-state index in [-0.39, 0.29) is 5.91 Å². The highest BCUT2D eigenvalue weighted by molar-refractivity contribution is 9.10. The maximum absolute atomic E-state index is 13.6. The summed E-state index contributed by atoms with van der Waals surface area (Å²) in [5, 5.41) is 11.8. The van der Waals surface area contributed by atoms with E-state index in [2.05, 4.69) is 34.7 Å². The highest BCUT2D eigenvalue weighted by Gasteiger charge is 2.51. The van der Waals surface area contributed by atoms with E-state index < -0.39 is 5.60 Å². The molecule has 1 unspecified atom stereocenters. The Morgan fingerprint density at radius 2 is 1.55 bits per heavy atom. The Labute approximate surface area is 192 Å². The lowest BCUT2D eigenvalue weighted by atomic mass is 9.86. The molecular formula is C26H27BrN2O2. The molecule has 0 aromatic heterocycles. The minimum Gasteiger partial charge on any atom is -0.372 e. The number of carbonyl (C=O) groups is 1. The van der Waals surface area contributed by atoms with E-state index >= 15 is 0 Å². The Bertz CT molecular complexity index is 1060. The molecule has 0 aliphatic carbocycles. The molecule has 1 amide bonds. The van der Waals surface area contributed by atoms with E-state index in [0.717, 1.165) is 40.9 Å². The quantitative estimate of drug-likeness (QED) is 0.517. The van der Waals surface area contributed by atoms with Crippen LogP contribution in [0.3, 0.4) is 0 Å². The third kappa shape index (κ3) is 3.82. The number of amides is 1. The van der Waals surface area contributed by atoms with Crippen LogP contribution in [0.25, 0.3) is 11.1 Å². The first-order valence-electron chi connectivity index (χ1n) is 10.7. The number of aliphatic hydroxyl groups is 1. The average molecular weight is 479 g/mol. The summed E-state index contributed by atoms with van der Waals surface area (Å²) >= 11 is 3.60. The Hall–Kier alpha value is -2.47. The van der Waals surface area contributed by atoms with E-state index in [4.69, 9.17) is 0 Å². The smallest absolute Gasteiger partial charge is 0.268 e. The van der Waals surface area contributed by atoms with Crippen molar-refractivity contribution in [2.75, 3.05) is 31.1 Å². The molecule has 4 rings (SSSR count). The number of anilines is 1. The van der Waals surface area contributed by atoms with E-state index in [9.17, 15) is 9.90 Å². The van der Waals surface area contributed by atoms with E-state index in [1.165, 1.54) is 0 Å². The van der Waals surface area contributed by atoms with Crippen molar-refractivity contribution in [3.8, 4) is 11.1 Å². The molecule has 0 saturated heterocycles. The number of para-hydroxylation sites is 1. The summed E-state index contributed by atoms with van der Waals surface area (Å²) in [6.45, 7) is 7.36. The summed E-state index contributed by atoms with van der Waals surface area (Å²) < 4.78 is 0.815. The van der Waals surface area contributed by atoms with Crippen LogP contribution in [0.4, 0.5) is 5.69 Å². The van der Waals surface area contributed by atoms with Crippen molar-refractivity contribution >= 4 is 27.5 Å². The van der Waals surface area contributed by atoms with Gasteiger partial charge in [0.15, 0.2) is 5.60 Å². The van der Waals surface area contributed by atoms with Crippen molar-refractivity contribution in [3.05, 3.63) is 88.4 Å². The Balaban J connectivity index is 1.72. The highest BCUT2D eigenvalue weighted by Crippen LogP contribution is 2.47. The minimum atomic E-state index is -1.70. The van der Waals surface area contributed by atoms with Gasteiger partial charge in [-0.15, -0.1) is 0 Å². The number of hydrogen-bond donors (Lipinski definition) is 1. The van der Waals surface area contributed by atoms with E-state index in [1.54, 1.807) is 4.90 Å². The van der Waals surface area contributed by atoms with Crippen LogP contribution in [-0.2, 0) is 10.4 Å². The molecule has 4 nitrogen and oxygen atoms in total. The van der Waals surface area contributed by atoms with Crippen molar-refractivity contribution in [1.82, 2.24) is 4.90 Å². The van der Waals surface area contributed by atoms with Gasteiger partial charge in [-0.25, -0.2) is 0 Å². The van der Waals surface area contributed by atoms with Gasteiger partial charge in [-0.3, -0.25) is 4.79 Å². The maximum atomic E-state index is 13.6. The molecular weight excluding hydrogens is 452 g/mol. The topological polar surface area (TPSA) is 43.8 Å². The normalized spacial score (nSPS) is 18.0. The lowest BCUT2D eigenvalue weighted by molar-refractivity contribution is -0.132. The zero-order valence-electron chi connectivity index (χ0n) is 17.9. The Kier molecular flexibility index (Phi) is 6.28. The van der Waals surface area contributed by atoms with Crippen LogP contribution in [0.5, 0.6) is 0 Å². The maximum Gasteiger partial charge on any atom is 0.268 e. The average Bonchev–Trinajstić information content (AvgIpc) is 3.04. The van der Waals surface area contributed by atoms with Gasteiger partial charge in [0.2, 0.25) is 0 Å². The number of hydrogen-bond acceptors (Lipinski definition) is 3. The largest absolute Gasteiger partial charge is 0.372 e. The van der Waals surface area contributed by atoms with Gasteiger partial charge in [-0.05, 0) is 51.8 Å². The number of halogens is 1. The highest BCUT2D eigenvalue weighted by atomic mass is 79.9. The van der Waals surface area contributed by atoms with Crippen LogP contribution in [0.2, 0.25) is 0 Å². The summed E-state index contributed by atoms with van der Waals surface area (Å²) in [6.07, 6.45) is 0. The molecule has 31 heavy (non-hydrogen) atoms. The van der Waals surface area contributed by atoms with Gasteiger partial charge in [-0.2, -0.15) is 0 Å². The number of benzene rings is 3. The fourth-order valence-electron chi connectivity index (χ4n) is 4.30. The second kappa shape index (κ2) is 8.95. The van der Waals surface area contributed by atoms with Crippen molar-refractivity contribution in [3.63, 3.8) is 0 Å². The van der Waals surface area contributed by atoms with Crippen LogP contribution in [0.1, 0.15) is 25.0 Å². The third-order valence-corrected chi connectivity index (χ3v) is 6.79. The van der Waals surface area contributed by atoms with Crippen molar-refractivity contribution in [2.24, 2.45) is 0 Å². The van der Waals surface area contributed by atoms with Crippen LogP contribution in [0.15, 0.2) is 77.3 Å². The number of rotatable bonds is 7. The molecule has 0 bridgehead atoms. The molecule has 1 aliphatic heterocycles. The number of fused-ring (bicyclic) bond motifs is 1. The molecule has 3 aromatic carbocycles. The Morgan fingerprint density at radius 1 is 0.903 bits per heavy atom. The molecule has 0 radical (unpaired) electrons. The van der Waals surface area contributed by atoms with Gasteiger partial charge in [0, 0.05) is 23.1 Å². The molecule has 0 saturated carbocycles. The first-order valence-corrected chi connectivity index (χ1v) is 11.5. The monoisotopic (exact) mass is 478 g/mol. The van der Waals surface area contributed by atoms with Gasteiger partial charge in [0.1, 0.15) is 0 Å². The van der Waals surface area contributed by atoms with Crippen LogP contribution >= 0.6 is 15.9 Å². The summed E-state index contributed by atoms with van der Waals surface area (Å²) in [5.41, 5.74) is 2.42. The molecule has 1 heterocycles. The van der Waals surface area contributed by atoms with Gasteiger partial charge in [0.25, 0.3) is 5.91 Å². The minimum absolute atomic E-state index is 0.297. The lowest BCUT2D eigenvalue weighted by Gasteiger charge is -2.26. The van der Waals surface area contributed by atoms with E-state index in [0.29, 0.717) is 17.7 Å². The summed E-state index contributed by atoms with van der Waals surface area (Å²) in [7, 11) is 0. The molecule has 1 atom stereocenters. The first-order chi connectivity index (χ1) is 15.0. The second-order valence-corrected chi connectivity index (χ2v) is 8.63. The van der Waals surface area contributed by atoms with E-state index in [1.807, 2.05) is 72.8 Å². The van der Waals surface area contributed by atoms with Gasteiger partial charge >= 0.3 is 0 Å². The Morgan fingerprint density at radius 3 is 2.19 bits per heavy atom.